The molecule has 0 aliphatic rings. The van der Waals surface area contributed by atoms with E-state index in [-0.39, 0.29) is 12.3 Å². The summed E-state index contributed by atoms with van der Waals surface area (Å²) in [4.78, 5) is 26.2. The standard InChI is InChI=1S/C19H26N2O4/c1-19(2,18(23)24)11-17(22)21-12-13(8-9-20(3)4)15-10-14(25-5)6-7-16(15)21/h6-7,10,12H,8-9,11H2,1-5H3,(H,23,24). The lowest BCUT2D eigenvalue weighted by molar-refractivity contribution is -0.146. The summed E-state index contributed by atoms with van der Waals surface area (Å²) in [7, 11) is 5.61. The first-order chi connectivity index (χ1) is 11.7. The summed E-state index contributed by atoms with van der Waals surface area (Å²) in [6.45, 7) is 3.98. The molecule has 6 heteroatoms. The van der Waals surface area contributed by atoms with Crippen LogP contribution in [0.5, 0.6) is 5.75 Å². The zero-order valence-corrected chi connectivity index (χ0v) is 15.5. The maximum atomic E-state index is 12.7. The Morgan fingerprint density at radius 1 is 1.28 bits per heavy atom. The molecule has 1 N–H and O–H groups in total. The van der Waals surface area contributed by atoms with Crippen molar-refractivity contribution in [1.29, 1.82) is 0 Å². The monoisotopic (exact) mass is 346 g/mol. The molecule has 25 heavy (non-hydrogen) atoms. The Labute approximate surface area is 148 Å². The van der Waals surface area contributed by atoms with Crippen molar-refractivity contribution >= 4 is 22.8 Å². The maximum Gasteiger partial charge on any atom is 0.309 e. The third-order valence-corrected chi connectivity index (χ3v) is 4.36. The molecule has 0 bridgehead atoms. The smallest absolute Gasteiger partial charge is 0.309 e. The third kappa shape index (κ3) is 4.20. The molecule has 6 nitrogen and oxygen atoms in total. The van der Waals surface area contributed by atoms with Gasteiger partial charge >= 0.3 is 5.97 Å². The van der Waals surface area contributed by atoms with Crippen molar-refractivity contribution in [3.05, 3.63) is 30.0 Å². The van der Waals surface area contributed by atoms with Crippen LogP contribution < -0.4 is 4.74 Å². The highest BCUT2D eigenvalue weighted by Crippen LogP contribution is 2.29. The topological polar surface area (TPSA) is 71.8 Å². The minimum Gasteiger partial charge on any atom is -0.497 e. The number of methoxy groups -OCH3 is 1. The second kappa shape index (κ2) is 7.27. The summed E-state index contributed by atoms with van der Waals surface area (Å²) < 4.78 is 6.88. The lowest BCUT2D eigenvalue weighted by Crippen LogP contribution is -2.28. The van der Waals surface area contributed by atoms with Crippen LogP contribution in [0, 0.1) is 5.41 Å². The first-order valence-electron chi connectivity index (χ1n) is 8.25. The number of carbonyl (C=O) groups excluding carboxylic acids is 1. The van der Waals surface area contributed by atoms with Crippen LogP contribution in [-0.2, 0) is 11.2 Å². The molecule has 1 aromatic heterocycles. The number of carboxylic acids is 1. The average molecular weight is 346 g/mol. The van der Waals surface area contributed by atoms with Gasteiger partial charge in [0.05, 0.1) is 18.0 Å². The van der Waals surface area contributed by atoms with E-state index in [4.69, 9.17) is 4.74 Å². The Balaban J connectivity index is 2.45. The SMILES string of the molecule is COc1ccc2c(c1)c(CCN(C)C)cn2C(=O)CC(C)(C)C(=O)O. The van der Waals surface area contributed by atoms with Gasteiger partial charge in [-0.2, -0.15) is 0 Å². The molecule has 0 amide bonds. The minimum atomic E-state index is -1.11. The van der Waals surface area contributed by atoms with Crippen LogP contribution in [0.15, 0.2) is 24.4 Å². The van der Waals surface area contributed by atoms with E-state index in [0.717, 1.165) is 35.2 Å². The van der Waals surface area contributed by atoms with Gasteiger partial charge in [-0.3, -0.25) is 14.2 Å². The van der Waals surface area contributed by atoms with E-state index >= 15 is 0 Å². The zero-order valence-electron chi connectivity index (χ0n) is 15.5. The van der Waals surface area contributed by atoms with Crippen LogP contribution in [0.4, 0.5) is 0 Å². The van der Waals surface area contributed by atoms with Gasteiger partial charge in [0, 0.05) is 24.5 Å². The molecule has 0 spiro atoms. The summed E-state index contributed by atoms with van der Waals surface area (Å²) in [6, 6.07) is 5.58. The van der Waals surface area contributed by atoms with E-state index in [0.29, 0.717) is 0 Å². The zero-order chi connectivity index (χ0) is 18.8. The van der Waals surface area contributed by atoms with Gasteiger partial charge in [-0.15, -0.1) is 0 Å². The van der Waals surface area contributed by atoms with E-state index in [9.17, 15) is 14.7 Å². The highest BCUT2D eigenvalue weighted by Gasteiger charge is 2.31. The number of hydrogen-bond donors (Lipinski definition) is 1. The van der Waals surface area contributed by atoms with Gasteiger partial charge in [0.2, 0.25) is 5.91 Å². The number of aliphatic carboxylic acids is 1. The number of likely N-dealkylation sites (N-methyl/N-ethyl adjacent to an activating group) is 1. The molecule has 1 heterocycles. The van der Waals surface area contributed by atoms with Crippen molar-refractivity contribution < 1.29 is 19.4 Å². The molecule has 0 aliphatic carbocycles. The van der Waals surface area contributed by atoms with Crippen LogP contribution in [0.3, 0.4) is 0 Å². The summed E-state index contributed by atoms with van der Waals surface area (Å²) >= 11 is 0. The molecular weight excluding hydrogens is 320 g/mol. The van der Waals surface area contributed by atoms with Gasteiger partial charge in [-0.1, -0.05) is 0 Å². The highest BCUT2D eigenvalue weighted by molar-refractivity contribution is 5.96. The first-order valence-corrected chi connectivity index (χ1v) is 8.25. The van der Waals surface area contributed by atoms with E-state index in [1.165, 1.54) is 0 Å². The normalized spacial score (nSPS) is 11.9. The van der Waals surface area contributed by atoms with E-state index in [1.54, 1.807) is 25.5 Å². The lowest BCUT2D eigenvalue weighted by Gasteiger charge is -2.18. The third-order valence-electron chi connectivity index (χ3n) is 4.36. The molecule has 2 rings (SSSR count). The number of rotatable bonds is 7. The summed E-state index contributed by atoms with van der Waals surface area (Å²) in [5, 5.41) is 10.2. The predicted molar refractivity (Wildman–Crippen MR) is 97.4 cm³/mol. The number of carboxylic acid groups (broad SMARTS) is 1. The summed E-state index contributed by atoms with van der Waals surface area (Å²) in [6.07, 6.45) is 2.55. The number of hydrogen-bond acceptors (Lipinski definition) is 4. The van der Waals surface area contributed by atoms with Gasteiger partial charge in [-0.05, 0) is 58.1 Å². The fourth-order valence-corrected chi connectivity index (χ4v) is 2.69. The Morgan fingerprint density at radius 2 is 1.96 bits per heavy atom. The number of fused-ring (bicyclic) bond motifs is 1. The Hall–Kier alpha value is -2.34. The first kappa shape index (κ1) is 19.0. The molecule has 0 aliphatic heterocycles. The predicted octanol–water partition coefficient (Wildman–Crippen LogP) is 2.90. The molecule has 136 valence electrons. The molecule has 2 aromatic rings. The van der Waals surface area contributed by atoms with E-state index < -0.39 is 11.4 Å². The van der Waals surface area contributed by atoms with Crippen molar-refractivity contribution in [2.45, 2.75) is 26.7 Å². The van der Waals surface area contributed by atoms with E-state index in [1.807, 2.05) is 38.5 Å². The van der Waals surface area contributed by atoms with Crippen LogP contribution in [0.2, 0.25) is 0 Å². The van der Waals surface area contributed by atoms with Gasteiger partial charge in [0.1, 0.15) is 5.75 Å². The highest BCUT2D eigenvalue weighted by atomic mass is 16.5. The number of carbonyl (C=O) groups is 2. The number of aromatic nitrogens is 1. The Morgan fingerprint density at radius 3 is 2.52 bits per heavy atom. The van der Waals surface area contributed by atoms with Crippen molar-refractivity contribution in [2.24, 2.45) is 5.41 Å². The fourth-order valence-electron chi connectivity index (χ4n) is 2.69. The fraction of sp³-hybridized carbons (Fsp3) is 0.474. The summed E-state index contributed by atoms with van der Waals surface area (Å²) in [5.74, 6) is -0.472. The van der Waals surface area contributed by atoms with Gasteiger partial charge in [-0.25, -0.2) is 0 Å². The Kier molecular flexibility index (Phi) is 5.52. The van der Waals surface area contributed by atoms with Gasteiger partial charge < -0.3 is 14.7 Å². The second-order valence-electron chi connectivity index (χ2n) is 7.22. The molecule has 0 fully saturated rings. The van der Waals surface area contributed by atoms with Crippen LogP contribution in [-0.4, -0.2) is 54.2 Å². The Bertz CT molecular complexity index is 790. The van der Waals surface area contributed by atoms with Crippen molar-refractivity contribution in [2.75, 3.05) is 27.7 Å². The van der Waals surface area contributed by atoms with Crippen LogP contribution in [0.25, 0.3) is 10.9 Å². The molecule has 1 aromatic carbocycles. The molecule has 0 saturated carbocycles. The largest absolute Gasteiger partial charge is 0.497 e. The van der Waals surface area contributed by atoms with Gasteiger partial charge in [0.15, 0.2) is 0 Å². The molecule has 0 saturated heterocycles. The summed E-state index contributed by atoms with van der Waals surface area (Å²) in [5.41, 5.74) is 0.717. The van der Waals surface area contributed by atoms with Gasteiger partial charge in [0.25, 0.3) is 0 Å². The van der Waals surface area contributed by atoms with Crippen molar-refractivity contribution in [3.63, 3.8) is 0 Å². The van der Waals surface area contributed by atoms with Crippen molar-refractivity contribution in [3.8, 4) is 5.75 Å². The van der Waals surface area contributed by atoms with E-state index in [2.05, 4.69) is 4.90 Å². The average Bonchev–Trinajstić information content (AvgIpc) is 2.90. The maximum absolute atomic E-state index is 12.7. The van der Waals surface area contributed by atoms with Crippen LogP contribution in [0.1, 0.15) is 30.6 Å². The minimum absolute atomic E-state index is 0.0642. The number of ether oxygens (including phenoxy) is 1. The molecule has 0 atom stereocenters. The van der Waals surface area contributed by atoms with Crippen molar-refractivity contribution in [1.82, 2.24) is 9.47 Å². The van der Waals surface area contributed by atoms with Crippen LogP contribution >= 0.6 is 0 Å². The molecule has 0 unspecified atom stereocenters. The number of nitrogens with zero attached hydrogens (tertiary/aromatic N) is 2. The second-order valence-corrected chi connectivity index (χ2v) is 7.22. The lowest BCUT2D eigenvalue weighted by atomic mass is 9.89. The quantitative estimate of drug-likeness (QED) is 0.835. The molecular formula is C19H26N2O4. The molecule has 0 radical (unpaired) electrons. The number of benzene rings is 1.